The second-order valence-corrected chi connectivity index (χ2v) is 18.7. The molecule has 0 saturated heterocycles. The number of amides is 1. The van der Waals surface area contributed by atoms with Crippen LogP contribution in [0.15, 0.2) is 17.3 Å². The van der Waals surface area contributed by atoms with Crippen molar-refractivity contribution in [2.24, 2.45) is 10.9 Å². The van der Waals surface area contributed by atoms with Gasteiger partial charge in [-0.15, -0.1) is 0 Å². The first-order valence-electron chi connectivity index (χ1n) is 12.1. The summed E-state index contributed by atoms with van der Waals surface area (Å²) in [5.74, 6) is -1.73. The number of esters is 1. The number of pyridine rings is 1. The fourth-order valence-electron chi connectivity index (χ4n) is 4.20. The third-order valence-electron chi connectivity index (χ3n) is 6.32. The van der Waals surface area contributed by atoms with Crippen LogP contribution in [0.1, 0.15) is 50.0 Å². The molecule has 0 N–H and O–H groups in total. The molecule has 3 rings (SSSR count). The maximum Gasteiger partial charge on any atom is 0.418 e. The normalized spacial score (nSPS) is 25.0. The SMILES string of the molecule is COC(=O)[C@]12C[C@H]1[C@@](C)(c1cc(C=O)cnc1F)N=C(N(COCC[Si](C)(C)C)C(=O)OC(C)(C)C)S2. The van der Waals surface area contributed by atoms with Crippen molar-refractivity contribution >= 4 is 43.4 Å². The van der Waals surface area contributed by atoms with Crippen molar-refractivity contribution in [3.8, 4) is 0 Å². The van der Waals surface area contributed by atoms with Gasteiger partial charge >= 0.3 is 12.1 Å². The van der Waals surface area contributed by atoms with Gasteiger partial charge < -0.3 is 14.2 Å². The van der Waals surface area contributed by atoms with E-state index < -0.39 is 47.9 Å². The Morgan fingerprint density at radius 1 is 1.32 bits per heavy atom. The minimum Gasteiger partial charge on any atom is -0.468 e. The topological polar surface area (TPSA) is 107 Å². The van der Waals surface area contributed by atoms with Crippen molar-refractivity contribution in [1.29, 1.82) is 0 Å². The first-order chi connectivity index (χ1) is 17.1. The molecule has 1 saturated carbocycles. The summed E-state index contributed by atoms with van der Waals surface area (Å²) in [5, 5.41) is 0.153. The number of rotatable bonds is 8. The van der Waals surface area contributed by atoms with E-state index >= 15 is 4.39 Å². The summed E-state index contributed by atoms with van der Waals surface area (Å²) in [4.78, 5) is 47.5. The van der Waals surface area contributed by atoms with Crippen molar-refractivity contribution in [3.05, 3.63) is 29.3 Å². The molecule has 0 spiro atoms. The lowest BCUT2D eigenvalue weighted by Gasteiger charge is -2.37. The molecule has 1 fully saturated rings. The van der Waals surface area contributed by atoms with Crippen LogP contribution < -0.4 is 0 Å². The third-order valence-corrected chi connectivity index (χ3v) is 9.50. The Labute approximate surface area is 222 Å². The zero-order valence-corrected chi connectivity index (χ0v) is 24.5. The van der Waals surface area contributed by atoms with Gasteiger partial charge in [-0.1, -0.05) is 31.4 Å². The highest BCUT2D eigenvalue weighted by Gasteiger charge is 2.72. The highest BCUT2D eigenvalue weighted by Crippen LogP contribution is 2.67. The summed E-state index contributed by atoms with van der Waals surface area (Å²) in [6, 6.07) is 2.27. The number of aliphatic imine (C=N–C) groups is 1. The van der Waals surface area contributed by atoms with Crippen LogP contribution in [-0.4, -0.2) is 72.3 Å². The summed E-state index contributed by atoms with van der Waals surface area (Å²) >= 11 is 1.10. The van der Waals surface area contributed by atoms with Crippen molar-refractivity contribution < 1.29 is 33.0 Å². The lowest BCUT2D eigenvalue weighted by molar-refractivity contribution is -0.141. The molecule has 1 aliphatic carbocycles. The predicted molar refractivity (Wildman–Crippen MR) is 142 cm³/mol. The number of carbonyl (C=O) groups excluding carboxylic acids is 3. The quantitative estimate of drug-likeness (QED) is 0.112. The minimum absolute atomic E-state index is 0.0643. The summed E-state index contributed by atoms with van der Waals surface area (Å²) in [6.45, 7) is 13.9. The summed E-state index contributed by atoms with van der Waals surface area (Å²) in [5.41, 5.74) is -1.86. The van der Waals surface area contributed by atoms with E-state index in [0.29, 0.717) is 19.3 Å². The number of hydrogen-bond donors (Lipinski definition) is 0. The standard InChI is InChI=1S/C25H36FN3O6SSi/c1-23(2,3)35-22(32)29(15-34-9-10-37(6,7)8)21-28-24(4,17-11-16(14-30)13-27-19(17)26)18-12-25(18,36-21)20(31)33-5/h11,13-14,18H,9-10,12,15H2,1-8H3/t18-,24+,25-/m0/s1. The van der Waals surface area contributed by atoms with Gasteiger partial charge in [0.25, 0.3) is 0 Å². The van der Waals surface area contributed by atoms with E-state index in [1.807, 2.05) is 0 Å². The predicted octanol–water partition coefficient (Wildman–Crippen LogP) is 4.83. The average Bonchev–Trinajstić information content (AvgIpc) is 3.54. The zero-order chi connectivity index (χ0) is 27.8. The Morgan fingerprint density at radius 2 is 2.00 bits per heavy atom. The van der Waals surface area contributed by atoms with Crippen molar-refractivity contribution in [3.63, 3.8) is 0 Å². The number of aromatic nitrogens is 1. The van der Waals surface area contributed by atoms with Crippen LogP contribution in [0.5, 0.6) is 0 Å². The van der Waals surface area contributed by atoms with Gasteiger partial charge in [-0.3, -0.25) is 14.6 Å². The molecule has 2 heterocycles. The molecule has 3 atom stereocenters. The molecule has 37 heavy (non-hydrogen) atoms. The first kappa shape index (κ1) is 29.2. The number of hydrogen-bond acceptors (Lipinski definition) is 9. The smallest absolute Gasteiger partial charge is 0.418 e. The van der Waals surface area contributed by atoms with Crippen LogP contribution >= 0.6 is 11.8 Å². The number of methoxy groups -OCH3 is 1. The number of carbonyl (C=O) groups is 3. The Balaban J connectivity index is 2.07. The van der Waals surface area contributed by atoms with Crippen LogP contribution in [-0.2, 0) is 24.5 Å². The Kier molecular flexibility index (Phi) is 8.26. The van der Waals surface area contributed by atoms with E-state index in [2.05, 4.69) is 24.6 Å². The maximum atomic E-state index is 15.1. The molecule has 1 aromatic rings. The van der Waals surface area contributed by atoms with E-state index in [-0.39, 0.29) is 23.0 Å². The molecule has 9 nitrogen and oxygen atoms in total. The van der Waals surface area contributed by atoms with Gasteiger partial charge in [0, 0.05) is 37.9 Å². The van der Waals surface area contributed by atoms with E-state index in [0.717, 1.165) is 24.0 Å². The Hall–Kier alpha value is -2.31. The minimum atomic E-state index is -1.39. The van der Waals surface area contributed by atoms with E-state index in [4.69, 9.17) is 19.2 Å². The van der Waals surface area contributed by atoms with Gasteiger partial charge in [0.15, 0.2) is 11.5 Å². The molecule has 1 aromatic heterocycles. The van der Waals surface area contributed by atoms with Gasteiger partial charge in [0.05, 0.1) is 12.6 Å². The first-order valence-corrected chi connectivity index (χ1v) is 16.7. The van der Waals surface area contributed by atoms with Gasteiger partial charge in [-0.05, 0) is 46.2 Å². The number of amidine groups is 1. The van der Waals surface area contributed by atoms with Gasteiger partial charge in [-0.25, -0.2) is 14.7 Å². The zero-order valence-electron chi connectivity index (χ0n) is 22.7. The number of halogens is 1. The molecule has 1 amide bonds. The van der Waals surface area contributed by atoms with Gasteiger partial charge in [-0.2, -0.15) is 4.39 Å². The Bertz CT molecular complexity index is 1100. The molecule has 0 unspecified atom stereocenters. The summed E-state index contributed by atoms with van der Waals surface area (Å²) < 4.78 is 30.6. The number of aldehydes is 1. The largest absolute Gasteiger partial charge is 0.468 e. The number of nitrogens with zero attached hydrogens (tertiary/aromatic N) is 3. The van der Waals surface area contributed by atoms with Crippen molar-refractivity contribution in [2.75, 3.05) is 20.4 Å². The monoisotopic (exact) mass is 553 g/mol. The second-order valence-electron chi connectivity index (χ2n) is 11.8. The Morgan fingerprint density at radius 3 is 2.57 bits per heavy atom. The van der Waals surface area contributed by atoms with Crippen LogP contribution in [0.3, 0.4) is 0 Å². The molecule has 12 heteroatoms. The second kappa shape index (κ2) is 10.5. The van der Waals surface area contributed by atoms with Crippen LogP contribution in [0.4, 0.5) is 9.18 Å². The lowest BCUT2D eigenvalue weighted by Crippen LogP contribution is -2.47. The molecule has 204 valence electrons. The summed E-state index contributed by atoms with van der Waals surface area (Å²) in [6.07, 6.45) is 1.35. The van der Waals surface area contributed by atoms with Crippen LogP contribution in [0.2, 0.25) is 25.7 Å². The molecule has 1 aliphatic heterocycles. The highest BCUT2D eigenvalue weighted by atomic mass is 32.2. The molecule has 0 radical (unpaired) electrons. The van der Waals surface area contributed by atoms with Crippen LogP contribution in [0.25, 0.3) is 0 Å². The van der Waals surface area contributed by atoms with E-state index in [1.54, 1.807) is 27.7 Å². The fraction of sp³-hybridized carbons (Fsp3) is 0.640. The average molecular weight is 554 g/mol. The third kappa shape index (κ3) is 6.40. The van der Waals surface area contributed by atoms with Crippen molar-refractivity contribution in [2.45, 2.75) is 75.7 Å². The van der Waals surface area contributed by atoms with E-state index in [1.165, 1.54) is 18.1 Å². The molecular formula is C25H36FN3O6SSi. The maximum absolute atomic E-state index is 15.1. The lowest BCUT2D eigenvalue weighted by atomic mass is 9.86. The van der Waals surface area contributed by atoms with Gasteiger partial charge in [0.2, 0.25) is 5.95 Å². The fourth-order valence-corrected chi connectivity index (χ4v) is 6.54. The number of ether oxygens (including phenoxy) is 3. The molecule has 2 aliphatic rings. The summed E-state index contributed by atoms with van der Waals surface area (Å²) in [7, 11) is -0.0985. The van der Waals surface area contributed by atoms with Crippen molar-refractivity contribution in [1.82, 2.24) is 9.88 Å². The number of fused-ring (bicyclic) bond motifs is 1. The van der Waals surface area contributed by atoms with E-state index in [9.17, 15) is 14.4 Å². The molecular weight excluding hydrogens is 517 g/mol. The molecule has 0 bridgehead atoms. The number of thioether (sulfide) groups is 1. The van der Waals surface area contributed by atoms with Gasteiger partial charge in [0.1, 0.15) is 17.1 Å². The highest BCUT2D eigenvalue weighted by molar-refractivity contribution is 8.15. The molecule has 0 aromatic carbocycles. The van der Waals surface area contributed by atoms with Crippen LogP contribution in [0, 0.1) is 11.9 Å².